The van der Waals surface area contributed by atoms with Crippen molar-refractivity contribution in [1.29, 1.82) is 0 Å². The van der Waals surface area contributed by atoms with E-state index in [1.165, 1.54) is 11.3 Å². The molecule has 3 aromatic carbocycles. The van der Waals surface area contributed by atoms with Crippen molar-refractivity contribution in [2.75, 3.05) is 18.1 Å². The molecule has 2 aromatic heterocycles. The molecular weight excluding hydrogens is 468 g/mol. The first-order valence-electron chi connectivity index (χ1n) is 11.0. The molecule has 5 rings (SSSR count). The van der Waals surface area contributed by atoms with Crippen molar-refractivity contribution in [3.63, 3.8) is 0 Å². The fraction of sp³-hybridized carbons (Fsp3) is 0.192. The lowest BCUT2D eigenvalue weighted by molar-refractivity contribution is -0.120. The van der Waals surface area contributed by atoms with Gasteiger partial charge in [-0.15, -0.1) is 0 Å². The van der Waals surface area contributed by atoms with Gasteiger partial charge in [-0.1, -0.05) is 59.3 Å². The zero-order valence-electron chi connectivity index (χ0n) is 18.6. The lowest BCUT2D eigenvalue weighted by Crippen LogP contribution is -2.36. The molecule has 1 amide bonds. The van der Waals surface area contributed by atoms with Crippen LogP contribution >= 0.6 is 22.9 Å². The normalized spacial score (nSPS) is 11.2. The second-order valence-corrected chi connectivity index (χ2v) is 9.42. The van der Waals surface area contributed by atoms with Crippen molar-refractivity contribution in [2.45, 2.75) is 19.9 Å². The number of imidazole rings is 1. The van der Waals surface area contributed by atoms with Gasteiger partial charge in [0.1, 0.15) is 5.75 Å². The predicted molar refractivity (Wildman–Crippen MR) is 138 cm³/mol. The topological polar surface area (TPSA) is 60.2 Å². The van der Waals surface area contributed by atoms with E-state index in [-0.39, 0.29) is 12.5 Å². The number of carbonyl (C=O) groups excluding carboxylic acids is 1. The van der Waals surface area contributed by atoms with E-state index in [1.807, 2.05) is 72.3 Å². The third-order valence-electron chi connectivity index (χ3n) is 5.66. The predicted octanol–water partition coefficient (Wildman–Crippen LogP) is 6.11. The van der Waals surface area contributed by atoms with Gasteiger partial charge in [0.2, 0.25) is 0 Å². The molecule has 0 N–H and O–H groups in total. The largest absolute Gasteiger partial charge is 0.484 e. The van der Waals surface area contributed by atoms with Crippen LogP contribution in [0.15, 0.2) is 73.3 Å². The summed E-state index contributed by atoms with van der Waals surface area (Å²) >= 11 is 7.85. The zero-order chi connectivity index (χ0) is 23.5. The van der Waals surface area contributed by atoms with E-state index in [0.717, 1.165) is 39.5 Å². The van der Waals surface area contributed by atoms with Gasteiger partial charge in [-0.3, -0.25) is 9.69 Å². The smallest absolute Gasteiger partial charge is 0.266 e. The molecule has 0 aliphatic heterocycles. The number of aryl methyl sites for hydroxylation is 2. The number of hydrogen-bond donors (Lipinski definition) is 0. The van der Waals surface area contributed by atoms with E-state index >= 15 is 0 Å². The molecule has 0 fully saturated rings. The van der Waals surface area contributed by atoms with Crippen molar-refractivity contribution in [3.05, 3.63) is 83.9 Å². The maximum atomic E-state index is 13.3. The number of aromatic nitrogens is 3. The number of halogens is 1. The highest BCUT2D eigenvalue weighted by molar-refractivity contribution is 7.23. The number of benzene rings is 3. The van der Waals surface area contributed by atoms with Gasteiger partial charge >= 0.3 is 0 Å². The molecule has 0 bridgehead atoms. The molecule has 0 aliphatic carbocycles. The van der Waals surface area contributed by atoms with E-state index in [2.05, 4.69) is 4.98 Å². The zero-order valence-corrected chi connectivity index (χ0v) is 20.2. The Morgan fingerprint density at radius 1 is 1.15 bits per heavy atom. The van der Waals surface area contributed by atoms with Gasteiger partial charge in [0.25, 0.3) is 5.91 Å². The van der Waals surface area contributed by atoms with Crippen LogP contribution in [0, 0.1) is 6.92 Å². The quantitative estimate of drug-likeness (QED) is 0.263. The van der Waals surface area contributed by atoms with Crippen LogP contribution in [0.3, 0.4) is 0 Å². The molecule has 34 heavy (non-hydrogen) atoms. The van der Waals surface area contributed by atoms with Crippen molar-refractivity contribution in [1.82, 2.24) is 14.5 Å². The molecule has 172 valence electrons. The highest BCUT2D eigenvalue weighted by Gasteiger charge is 2.21. The Morgan fingerprint density at radius 3 is 2.79 bits per heavy atom. The fourth-order valence-corrected chi connectivity index (χ4v) is 5.20. The standard InChI is InChI=1S/C26H23ClN4O2S/c1-18-7-10-22(27)25-24(18)29-26(34-25)31(13-4-12-30-14-11-28-17-30)23(32)16-33-21-9-8-19-5-2-3-6-20(19)15-21/h2-3,5-11,14-15,17H,4,12-13,16H2,1H3. The fourth-order valence-electron chi connectivity index (χ4n) is 3.84. The molecule has 0 saturated carbocycles. The maximum absolute atomic E-state index is 13.3. The monoisotopic (exact) mass is 490 g/mol. The Kier molecular flexibility index (Phi) is 6.47. The van der Waals surface area contributed by atoms with Gasteiger partial charge in [-0.25, -0.2) is 9.97 Å². The minimum Gasteiger partial charge on any atom is -0.484 e. The number of hydrogen-bond acceptors (Lipinski definition) is 5. The summed E-state index contributed by atoms with van der Waals surface area (Å²) in [5.74, 6) is 0.514. The summed E-state index contributed by atoms with van der Waals surface area (Å²) in [6.07, 6.45) is 6.19. The SMILES string of the molecule is Cc1ccc(Cl)c2sc(N(CCCn3ccnc3)C(=O)COc3ccc4ccccc4c3)nc12. The minimum atomic E-state index is -0.147. The number of anilines is 1. The highest BCUT2D eigenvalue weighted by Crippen LogP contribution is 2.35. The molecule has 0 spiro atoms. The first-order valence-corrected chi connectivity index (χ1v) is 12.2. The van der Waals surface area contributed by atoms with Crippen LogP contribution in [0.5, 0.6) is 5.75 Å². The minimum absolute atomic E-state index is 0.0773. The molecule has 0 saturated heterocycles. The molecule has 0 unspecified atom stereocenters. The number of ether oxygens (including phenoxy) is 1. The summed E-state index contributed by atoms with van der Waals surface area (Å²) in [6.45, 7) is 3.18. The van der Waals surface area contributed by atoms with Crippen LogP contribution < -0.4 is 9.64 Å². The maximum Gasteiger partial charge on any atom is 0.266 e. The Bertz CT molecular complexity index is 1410. The van der Waals surface area contributed by atoms with E-state index in [4.69, 9.17) is 21.3 Å². The summed E-state index contributed by atoms with van der Waals surface area (Å²) in [5, 5.41) is 3.47. The Morgan fingerprint density at radius 2 is 2.00 bits per heavy atom. The van der Waals surface area contributed by atoms with Gasteiger partial charge in [-0.05, 0) is 47.9 Å². The number of thiazole rings is 1. The van der Waals surface area contributed by atoms with Crippen molar-refractivity contribution in [2.24, 2.45) is 0 Å². The lowest BCUT2D eigenvalue weighted by Gasteiger charge is -2.20. The molecule has 5 aromatic rings. The van der Waals surface area contributed by atoms with Crippen LogP contribution in [0.2, 0.25) is 5.02 Å². The highest BCUT2D eigenvalue weighted by atomic mass is 35.5. The second-order valence-electron chi connectivity index (χ2n) is 8.04. The van der Waals surface area contributed by atoms with E-state index in [1.54, 1.807) is 17.4 Å². The number of carbonyl (C=O) groups is 1. The summed E-state index contributed by atoms with van der Waals surface area (Å²) in [5.41, 5.74) is 1.86. The van der Waals surface area contributed by atoms with Gasteiger partial charge < -0.3 is 9.30 Å². The summed E-state index contributed by atoms with van der Waals surface area (Å²) < 4.78 is 8.78. The van der Waals surface area contributed by atoms with Gasteiger partial charge in [-0.2, -0.15) is 0 Å². The average molecular weight is 491 g/mol. The van der Waals surface area contributed by atoms with Crippen molar-refractivity contribution in [3.8, 4) is 5.75 Å². The number of nitrogens with zero attached hydrogens (tertiary/aromatic N) is 4. The molecular formula is C26H23ClN4O2S. The Labute approximate surface area is 206 Å². The summed E-state index contributed by atoms with van der Waals surface area (Å²) in [6, 6.07) is 17.7. The number of rotatable bonds is 8. The van der Waals surface area contributed by atoms with Crippen LogP contribution in [0.4, 0.5) is 5.13 Å². The Hall–Kier alpha value is -3.42. The summed E-state index contributed by atoms with van der Waals surface area (Å²) in [7, 11) is 0. The van der Waals surface area contributed by atoms with Crippen molar-refractivity contribution >= 4 is 55.0 Å². The third kappa shape index (κ3) is 4.76. The van der Waals surface area contributed by atoms with E-state index < -0.39 is 0 Å². The molecule has 2 heterocycles. The average Bonchev–Trinajstić information content (AvgIpc) is 3.53. The van der Waals surface area contributed by atoms with Crippen LogP contribution in [-0.4, -0.2) is 33.6 Å². The first kappa shape index (κ1) is 22.4. The van der Waals surface area contributed by atoms with Gasteiger partial charge in [0, 0.05) is 25.5 Å². The third-order valence-corrected chi connectivity index (χ3v) is 7.20. The molecule has 0 atom stereocenters. The molecule has 8 heteroatoms. The molecule has 0 radical (unpaired) electrons. The lowest BCUT2D eigenvalue weighted by atomic mass is 10.1. The van der Waals surface area contributed by atoms with E-state index in [0.29, 0.717) is 22.4 Å². The van der Waals surface area contributed by atoms with Crippen LogP contribution in [-0.2, 0) is 11.3 Å². The number of amides is 1. The summed E-state index contributed by atoms with van der Waals surface area (Å²) in [4.78, 5) is 23.9. The molecule has 6 nitrogen and oxygen atoms in total. The van der Waals surface area contributed by atoms with Crippen LogP contribution in [0.1, 0.15) is 12.0 Å². The first-order chi connectivity index (χ1) is 16.6. The van der Waals surface area contributed by atoms with Crippen LogP contribution in [0.25, 0.3) is 21.0 Å². The van der Waals surface area contributed by atoms with E-state index in [9.17, 15) is 4.79 Å². The van der Waals surface area contributed by atoms with Crippen molar-refractivity contribution < 1.29 is 9.53 Å². The van der Waals surface area contributed by atoms with Gasteiger partial charge in [0.15, 0.2) is 11.7 Å². The second kappa shape index (κ2) is 9.83. The van der Waals surface area contributed by atoms with Gasteiger partial charge in [0.05, 0.1) is 21.6 Å². The number of fused-ring (bicyclic) bond motifs is 2. The Balaban J connectivity index is 1.36. The molecule has 0 aliphatic rings.